The molecule has 0 saturated heterocycles. The summed E-state index contributed by atoms with van der Waals surface area (Å²) in [5.41, 5.74) is 1.16. The SMILES string of the molecule is Cc1c(S(N)(=O)=O)c2ccccc2n1CCF. The summed E-state index contributed by atoms with van der Waals surface area (Å²) < 4.78 is 37.2. The fourth-order valence-electron chi connectivity index (χ4n) is 2.13. The summed E-state index contributed by atoms with van der Waals surface area (Å²) in [4.78, 5) is 0.0848. The third-order valence-corrected chi connectivity index (χ3v) is 3.85. The van der Waals surface area contributed by atoms with Gasteiger partial charge in [-0.2, -0.15) is 0 Å². The number of sulfonamides is 1. The van der Waals surface area contributed by atoms with Crippen molar-refractivity contribution in [3.05, 3.63) is 30.0 Å². The molecular formula is C11H13FN2O2S. The molecule has 0 spiro atoms. The molecule has 0 aliphatic rings. The lowest BCUT2D eigenvalue weighted by molar-refractivity contribution is 0.447. The number of hydrogen-bond acceptors (Lipinski definition) is 2. The molecule has 1 aromatic carbocycles. The Hall–Kier alpha value is -1.40. The van der Waals surface area contributed by atoms with Crippen molar-refractivity contribution in [2.24, 2.45) is 5.14 Å². The maximum atomic E-state index is 12.5. The molecule has 2 rings (SSSR count). The van der Waals surface area contributed by atoms with Crippen LogP contribution >= 0.6 is 0 Å². The molecule has 0 fully saturated rings. The number of primary sulfonamides is 1. The molecule has 2 N–H and O–H groups in total. The Balaban J connectivity index is 2.89. The van der Waals surface area contributed by atoms with E-state index in [9.17, 15) is 12.8 Å². The molecule has 0 aliphatic heterocycles. The average Bonchev–Trinajstić information content (AvgIpc) is 2.52. The summed E-state index contributed by atoms with van der Waals surface area (Å²) in [5.74, 6) is 0. The highest BCUT2D eigenvalue weighted by Crippen LogP contribution is 2.28. The highest BCUT2D eigenvalue weighted by molar-refractivity contribution is 7.89. The molecule has 0 atom stereocenters. The number of rotatable bonds is 3. The molecular weight excluding hydrogens is 243 g/mol. The molecule has 0 amide bonds. The van der Waals surface area contributed by atoms with Crippen LogP contribution in [0.3, 0.4) is 0 Å². The molecule has 6 heteroatoms. The molecule has 17 heavy (non-hydrogen) atoms. The number of halogens is 1. The zero-order valence-electron chi connectivity index (χ0n) is 9.35. The van der Waals surface area contributed by atoms with Crippen molar-refractivity contribution >= 4 is 20.9 Å². The third kappa shape index (κ3) is 1.94. The fourth-order valence-corrected chi connectivity index (χ4v) is 3.13. The Morgan fingerprint density at radius 1 is 1.35 bits per heavy atom. The number of hydrogen-bond donors (Lipinski definition) is 1. The zero-order chi connectivity index (χ0) is 12.6. The van der Waals surface area contributed by atoms with Gasteiger partial charge in [-0.1, -0.05) is 18.2 Å². The predicted molar refractivity (Wildman–Crippen MR) is 64.0 cm³/mol. The van der Waals surface area contributed by atoms with Gasteiger partial charge in [-0.3, -0.25) is 0 Å². The van der Waals surface area contributed by atoms with Crippen LogP contribution in [0.4, 0.5) is 4.39 Å². The van der Waals surface area contributed by atoms with Crippen molar-refractivity contribution in [3.8, 4) is 0 Å². The van der Waals surface area contributed by atoms with Gasteiger partial charge in [-0.05, 0) is 13.0 Å². The van der Waals surface area contributed by atoms with E-state index in [2.05, 4.69) is 0 Å². The molecule has 92 valence electrons. The monoisotopic (exact) mass is 256 g/mol. The van der Waals surface area contributed by atoms with Crippen LogP contribution in [-0.4, -0.2) is 19.7 Å². The second kappa shape index (κ2) is 4.12. The third-order valence-electron chi connectivity index (χ3n) is 2.77. The van der Waals surface area contributed by atoms with Crippen molar-refractivity contribution in [1.82, 2.24) is 4.57 Å². The molecule has 0 bridgehead atoms. The van der Waals surface area contributed by atoms with E-state index in [0.29, 0.717) is 16.6 Å². The zero-order valence-corrected chi connectivity index (χ0v) is 10.2. The van der Waals surface area contributed by atoms with Crippen LogP contribution in [0.5, 0.6) is 0 Å². The van der Waals surface area contributed by atoms with E-state index in [-0.39, 0.29) is 11.4 Å². The summed E-state index contributed by atoms with van der Waals surface area (Å²) in [7, 11) is -3.80. The Morgan fingerprint density at radius 2 is 2.00 bits per heavy atom. The van der Waals surface area contributed by atoms with Crippen LogP contribution in [-0.2, 0) is 16.6 Å². The lowest BCUT2D eigenvalue weighted by Gasteiger charge is -2.04. The first-order valence-corrected chi connectivity index (χ1v) is 6.68. The minimum absolute atomic E-state index is 0.0848. The summed E-state index contributed by atoms with van der Waals surface area (Å²) in [6.45, 7) is 1.21. The summed E-state index contributed by atoms with van der Waals surface area (Å²) >= 11 is 0. The second-order valence-corrected chi connectivity index (χ2v) is 5.32. The van der Waals surface area contributed by atoms with Gasteiger partial charge in [-0.25, -0.2) is 17.9 Å². The lowest BCUT2D eigenvalue weighted by atomic mass is 10.2. The van der Waals surface area contributed by atoms with Crippen LogP contribution in [0.25, 0.3) is 10.9 Å². The van der Waals surface area contributed by atoms with Crippen LogP contribution in [0.1, 0.15) is 5.69 Å². The smallest absolute Gasteiger partial charge is 0.240 e. The van der Waals surface area contributed by atoms with Crippen molar-refractivity contribution in [2.75, 3.05) is 6.67 Å². The molecule has 0 radical (unpaired) electrons. The van der Waals surface area contributed by atoms with Gasteiger partial charge in [0.25, 0.3) is 0 Å². The predicted octanol–water partition coefficient (Wildman–Crippen LogP) is 1.57. The normalized spacial score (nSPS) is 12.2. The summed E-state index contributed by atoms with van der Waals surface area (Å²) in [6, 6.07) is 6.95. The van der Waals surface area contributed by atoms with Crippen LogP contribution in [0, 0.1) is 6.92 Å². The molecule has 0 aliphatic carbocycles. The Labute approximate surface area is 98.9 Å². The molecule has 0 unspecified atom stereocenters. The number of para-hydroxylation sites is 1. The van der Waals surface area contributed by atoms with Crippen molar-refractivity contribution in [1.29, 1.82) is 0 Å². The van der Waals surface area contributed by atoms with Crippen LogP contribution < -0.4 is 5.14 Å². The molecule has 1 aromatic heterocycles. The van der Waals surface area contributed by atoms with Gasteiger partial charge < -0.3 is 4.57 Å². The van der Waals surface area contributed by atoms with Crippen molar-refractivity contribution < 1.29 is 12.8 Å². The lowest BCUT2D eigenvalue weighted by Crippen LogP contribution is -2.14. The van der Waals surface area contributed by atoms with E-state index in [1.807, 2.05) is 0 Å². The van der Waals surface area contributed by atoms with E-state index >= 15 is 0 Å². The van der Waals surface area contributed by atoms with Gasteiger partial charge in [0.1, 0.15) is 11.6 Å². The van der Waals surface area contributed by atoms with Gasteiger partial charge in [0.2, 0.25) is 10.0 Å². The average molecular weight is 256 g/mol. The van der Waals surface area contributed by atoms with Crippen LogP contribution in [0.2, 0.25) is 0 Å². The van der Waals surface area contributed by atoms with Crippen molar-refractivity contribution in [2.45, 2.75) is 18.4 Å². The second-order valence-electron chi connectivity index (χ2n) is 3.82. The molecule has 1 heterocycles. The molecule has 0 saturated carbocycles. The first-order valence-electron chi connectivity index (χ1n) is 5.13. The Bertz CT molecular complexity index is 661. The van der Waals surface area contributed by atoms with Crippen LogP contribution in [0.15, 0.2) is 29.2 Å². The number of nitrogens with two attached hydrogens (primary N) is 1. The van der Waals surface area contributed by atoms with Crippen molar-refractivity contribution in [3.63, 3.8) is 0 Å². The van der Waals surface area contributed by atoms with E-state index in [1.54, 1.807) is 35.8 Å². The number of nitrogens with zero attached hydrogens (tertiary/aromatic N) is 1. The Kier molecular flexibility index (Phi) is 2.92. The Morgan fingerprint density at radius 3 is 2.59 bits per heavy atom. The largest absolute Gasteiger partial charge is 0.341 e. The summed E-state index contributed by atoms with van der Waals surface area (Å²) in [6.07, 6.45) is 0. The van der Waals surface area contributed by atoms with Gasteiger partial charge in [0.15, 0.2) is 0 Å². The highest BCUT2D eigenvalue weighted by Gasteiger charge is 2.21. The minimum atomic E-state index is -3.80. The van der Waals surface area contributed by atoms with E-state index in [0.717, 1.165) is 0 Å². The van der Waals surface area contributed by atoms with Gasteiger partial charge >= 0.3 is 0 Å². The van der Waals surface area contributed by atoms with Gasteiger partial charge in [0, 0.05) is 16.6 Å². The van der Waals surface area contributed by atoms with Gasteiger partial charge in [-0.15, -0.1) is 0 Å². The topological polar surface area (TPSA) is 65.1 Å². The first-order chi connectivity index (χ1) is 7.96. The number of benzene rings is 1. The quantitative estimate of drug-likeness (QED) is 0.905. The summed E-state index contributed by atoms with van der Waals surface area (Å²) in [5, 5.41) is 5.74. The maximum absolute atomic E-state index is 12.5. The number of aromatic nitrogens is 1. The molecule has 4 nitrogen and oxygen atoms in total. The molecule has 2 aromatic rings. The first kappa shape index (κ1) is 12.1. The van der Waals surface area contributed by atoms with E-state index in [1.165, 1.54) is 0 Å². The van der Waals surface area contributed by atoms with Gasteiger partial charge in [0.05, 0.1) is 6.54 Å². The van der Waals surface area contributed by atoms with E-state index < -0.39 is 16.7 Å². The standard InChI is InChI=1S/C11H13FN2O2S/c1-8-11(17(13,15)16)9-4-2-3-5-10(9)14(8)7-6-12/h2-5H,6-7H2,1H3,(H2,13,15,16). The fraction of sp³-hybridized carbons (Fsp3) is 0.273. The maximum Gasteiger partial charge on any atom is 0.240 e. The number of aryl methyl sites for hydroxylation is 1. The van der Waals surface area contributed by atoms with E-state index in [4.69, 9.17) is 5.14 Å². The number of fused-ring (bicyclic) bond motifs is 1. The minimum Gasteiger partial charge on any atom is -0.341 e. The highest BCUT2D eigenvalue weighted by atomic mass is 32.2. The number of alkyl halides is 1.